The van der Waals surface area contributed by atoms with Crippen LogP contribution in [-0.4, -0.2) is 6.61 Å². The Morgan fingerprint density at radius 3 is 2.59 bits per heavy atom. The topological polar surface area (TPSA) is 9.23 Å². The Kier molecular flexibility index (Phi) is 3.49. The average Bonchev–Trinajstić information content (AvgIpc) is 2.36. The summed E-state index contributed by atoms with van der Waals surface area (Å²) < 4.78 is 6.11. The highest BCUT2D eigenvalue weighted by Gasteiger charge is 2.38. The highest BCUT2D eigenvalue weighted by Crippen LogP contribution is 2.41. The summed E-state index contributed by atoms with van der Waals surface area (Å²) in [5, 5.41) is 0. The van der Waals surface area contributed by atoms with E-state index < -0.39 is 0 Å². The fourth-order valence-electron chi connectivity index (χ4n) is 2.51. The third kappa shape index (κ3) is 2.07. The van der Waals surface area contributed by atoms with E-state index in [0.717, 1.165) is 6.61 Å². The van der Waals surface area contributed by atoms with Crippen molar-refractivity contribution in [2.75, 3.05) is 6.61 Å². The predicted octanol–water partition coefficient (Wildman–Crippen LogP) is 4.07. The minimum atomic E-state index is -0.297. The normalized spacial score (nSPS) is 27.9. The molecule has 1 aliphatic rings. The third-order valence-electron chi connectivity index (χ3n) is 3.64. The summed E-state index contributed by atoms with van der Waals surface area (Å²) in [4.78, 5) is 0. The molecular formula is C16H20O. The van der Waals surface area contributed by atoms with Gasteiger partial charge < -0.3 is 4.74 Å². The molecule has 0 aliphatic heterocycles. The maximum atomic E-state index is 6.11. The number of benzene rings is 1. The van der Waals surface area contributed by atoms with E-state index in [2.05, 4.69) is 63.3 Å². The summed E-state index contributed by atoms with van der Waals surface area (Å²) in [5.41, 5.74) is 2.30. The van der Waals surface area contributed by atoms with Crippen LogP contribution < -0.4 is 0 Å². The molecule has 2 rings (SSSR count). The predicted molar refractivity (Wildman–Crippen MR) is 71.8 cm³/mol. The standard InChI is InChI=1S/C16H20O/c1-4-17-16(15-10-6-5-7-11-15)12-8-9-13(2)14(16)3/h5-12,14H,4H2,1-3H3. The molecule has 17 heavy (non-hydrogen) atoms. The molecule has 0 N–H and O–H groups in total. The van der Waals surface area contributed by atoms with Crippen molar-refractivity contribution in [2.45, 2.75) is 26.4 Å². The van der Waals surface area contributed by atoms with Crippen LogP contribution in [0.3, 0.4) is 0 Å². The largest absolute Gasteiger partial charge is 0.366 e. The summed E-state index contributed by atoms with van der Waals surface area (Å²) in [6, 6.07) is 10.5. The second kappa shape index (κ2) is 4.89. The van der Waals surface area contributed by atoms with Gasteiger partial charge in [0.15, 0.2) is 0 Å². The van der Waals surface area contributed by atoms with Gasteiger partial charge in [0.1, 0.15) is 5.60 Å². The first-order valence-corrected chi connectivity index (χ1v) is 6.26. The molecule has 1 heteroatoms. The monoisotopic (exact) mass is 228 g/mol. The zero-order chi connectivity index (χ0) is 12.3. The Hall–Kier alpha value is -1.34. The van der Waals surface area contributed by atoms with Gasteiger partial charge in [-0.1, -0.05) is 55.0 Å². The van der Waals surface area contributed by atoms with Gasteiger partial charge in [0.2, 0.25) is 0 Å². The van der Waals surface area contributed by atoms with E-state index in [1.165, 1.54) is 11.1 Å². The van der Waals surface area contributed by atoms with Gasteiger partial charge in [-0.25, -0.2) is 0 Å². The van der Waals surface area contributed by atoms with Gasteiger partial charge in [-0.3, -0.25) is 0 Å². The molecule has 0 saturated carbocycles. The Bertz CT molecular complexity index is 430. The van der Waals surface area contributed by atoms with Gasteiger partial charge in [-0.15, -0.1) is 0 Å². The maximum absolute atomic E-state index is 6.11. The van der Waals surface area contributed by atoms with Gasteiger partial charge >= 0.3 is 0 Å². The van der Waals surface area contributed by atoms with E-state index in [-0.39, 0.29) is 5.60 Å². The van der Waals surface area contributed by atoms with E-state index in [1.54, 1.807) is 0 Å². The molecule has 0 bridgehead atoms. The fraction of sp³-hybridized carbons (Fsp3) is 0.375. The Balaban J connectivity index is 2.48. The molecule has 0 aromatic heterocycles. The van der Waals surface area contributed by atoms with Crippen molar-refractivity contribution in [3.8, 4) is 0 Å². The van der Waals surface area contributed by atoms with Crippen LogP contribution >= 0.6 is 0 Å². The maximum Gasteiger partial charge on any atom is 0.118 e. The van der Waals surface area contributed by atoms with E-state index >= 15 is 0 Å². The van der Waals surface area contributed by atoms with Crippen molar-refractivity contribution >= 4 is 0 Å². The van der Waals surface area contributed by atoms with Crippen molar-refractivity contribution in [2.24, 2.45) is 5.92 Å². The van der Waals surface area contributed by atoms with Crippen molar-refractivity contribution in [1.82, 2.24) is 0 Å². The van der Waals surface area contributed by atoms with Gasteiger partial charge in [0.05, 0.1) is 0 Å². The number of rotatable bonds is 3. The molecule has 1 aromatic carbocycles. The van der Waals surface area contributed by atoms with E-state index in [9.17, 15) is 0 Å². The quantitative estimate of drug-likeness (QED) is 0.757. The van der Waals surface area contributed by atoms with Crippen LogP contribution in [0.25, 0.3) is 0 Å². The van der Waals surface area contributed by atoms with Gasteiger partial charge in [0.25, 0.3) is 0 Å². The molecule has 0 fully saturated rings. The van der Waals surface area contributed by atoms with E-state index in [4.69, 9.17) is 4.74 Å². The first-order valence-electron chi connectivity index (χ1n) is 6.26. The summed E-state index contributed by atoms with van der Waals surface area (Å²) in [7, 11) is 0. The van der Waals surface area contributed by atoms with Crippen LogP contribution in [0.4, 0.5) is 0 Å². The molecule has 1 aromatic rings. The summed E-state index contributed by atoms with van der Waals surface area (Å²) in [6.07, 6.45) is 6.46. The number of ether oxygens (including phenoxy) is 1. The van der Waals surface area contributed by atoms with E-state index in [0.29, 0.717) is 5.92 Å². The molecular weight excluding hydrogens is 208 g/mol. The van der Waals surface area contributed by atoms with Gasteiger partial charge in [0, 0.05) is 12.5 Å². The molecule has 2 atom stereocenters. The minimum absolute atomic E-state index is 0.297. The highest BCUT2D eigenvalue weighted by atomic mass is 16.5. The first-order chi connectivity index (χ1) is 8.20. The molecule has 0 saturated heterocycles. The van der Waals surface area contributed by atoms with E-state index in [1.807, 2.05) is 6.07 Å². The highest BCUT2D eigenvalue weighted by molar-refractivity contribution is 5.37. The van der Waals surface area contributed by atoms with Crippen LogP contribution in [0.1, 0.15) is 26.3 Å². The lowest BCUT2D eigenvalue weighted by Gasteiger charge is -2.39. The van der Waals surface area contributed by atoms with Crippen LogP contribution in [0.15, 0.2) is 54.1 Å². The molecule has 1 aliphatic carbocycles. The van der Waals surface area contributed by atoms with Crippen molar-refractivity contribution in [3.63, 3.8) is 0 Å². The molecule has 0 amide bonds. The Morgan fingerprint density at radius 2 is 1.94 bits per heavy atom. The third-order valence-corrected chi connectivity index (χ3v) is 3.64. The van der Waals surface area contributed by atoms with Crippen LogP contribution in [0.5, 0.6) is 0 Å². The molecule has 2 unspecified atom stereocenters. The lowest BCUT2D eigenvalue weighted by atomic mass is 9.75. The van der Waals surface area contributed by atoms with Crippen molar-refractivity contribution < 1.29 is 4.74 Å². The fourth-order valence-corrected chi connectivity index (χ4v) is 2.51. The van der Waals surface area contributed by atoms with Crippen LogP contribution in [-0.2, 0) is 10.3 Å². The van der Waals surface area contributed by atoms with Crippen LogP contribution in [0.2, 0.25) is 0 Å². The summed E-state index contributed by atoms with van der Waals surface area (Å²) in [5.74, 6) is 0.370. The SMILES string of the molecule is CCOC1(c2ccccc2)C=CC=C(C)C1C. The smallest absolute Gasteiger partial charge is 0.118 e. The van der Waals surface area contributed by atoms with Gasteiger partial charge in [-0.05, 0) is 25.5 Å². The zero-order valence-corrected chi connectivity index (χ0v) is 10.8. The van der Waals surface area contributed by atoms with Gasteiger partial charge in [-0.2, -0.15) is 0 Å². The van der Waals surface area contributed by atoms with Crippen molar-refractivity contribution in [3.05, 3.63) is 59.7 Å². The number of hydrogen-bond acceptors (Lipinski definition) is 1. The second-order valence-electron chi connectivity index (χ2n) is 4.58. The summed E-state index contributed by atoms with van der Waals surface area (Å²) >= 11 is 0. The Labute approximate surface area is 104 Å². The minimum Gasteiger partial charge on any atom is -0.366 e. The molecule has 90 valence electrons. The Morgan fingerprint density at radius 1 is 1.24 bits per heavy atom. The molecule has 1 nitrogen and oxygen atoms in total. The summed E-state index contributed by atoms with van der Waals surface area (Å²) in [6.45, 7) is 7.18. The molecule has 0 spiro atoms. The molecule has 0 radical (unpaired) electrons. The second-order valence-corrected chi connectivity index (χ2v) is 4.58. The average molecular weight is 228 g/mol. The lowest BCUT2D eigenvalue weighted by Crippen LogP contribution is -2.37. The van der Waals surface area contributed by atoms with Crippen LogP contribution in [0, 0.1) is 5.92 Å². The number of hydrogen-bond donors (Lipinski definition) is 0. The number of allylic oxidation sites excluding steroid dienone is 2. The van der Waals surface area contributed by atoms with Crippen molar-refractivity contribution in [1.29, 1.82) is 0 Å². The lowest BCUT2D eigenvalue weighted by molar-refractivity contribution is -0.0357. The molecule has 0 heterocycles. The zero-order valence-electron chi connectivity index (χ0n) is 10.8. The first kappa shape index (κ1) is 12.1.